The van der Waals surface area contributed by atoms with Gasteiger partial charge in [0.2, 0.25) is 5.91 Å². The molecular weight excluding hydrogens is 238 g/mol. The Bertz CT molecular complexity index is 622. The van der Waals surface area contributed by atoms with E-state index >= 15 is 0 Å². The molecule has 3 rings (SSSR count). The van der Waals surface area contributed by atoms with Crippen molar-refractivity contribution in [2.75, 3.05) is 0 Å². The van der Waals surface area contributed by atoms with E-state index in [1.54, 1.807) is 12.1 Å². The van der Waals surface area contributed by atoms with Gasteiger partial charge in [-0.05, 0) is 23.6 Å². The fourth-order valence-corrected chi connectivity index (χ4v) is 2.46. The van der Waals surface area contributed by atoms with E-state index in [-0.39, 0.29) is 17.6 Å². The summed E-state index contributed by atoms with van der Waals surface area (Å²) in [4.78, 5) is 12.1. The average molecular weight is 253 g/mol. The molecule has 1 aliphatic carbocycles. The van der Waals surface area contributed by atoms with E-state index in [9.17, 15) is 9.90 Å². The third-order valence-corrected chi connectivity index (χ3v) is 3.62. The summed E-state index contributed by atoms with van der Waals surface area (Å²) in [5.41, 5.74) is 3.12. The first-order valence-electron chi connectivity index (χ1n) is 6.38. The monoisotopic (exact) mass is 253 g/mol. The number of amides is 1. The Hall–Kier alpha value is -2.29. The van der Waals surface area contributed by atoms with Crippen molar-refractivity contribution < 1.29 is 9.90 Å². The summed E-state index contributed by atoms with van der Waals surface area (Å²) < 4.78 is 0. The fourth-order valence-electron chi connectivity index (χ4n) is 2.46. The normalized spacial score (nSPS) is 16.3. The van der Waals surface area contributed by atoms with E-state index in [2.05, 4.69) is 11.4 Å². The van der Waals surface area contributed by atoms with Crippen LogP contribution in [0.2, 0.25) is 0 Å². The number of para-hydroxylation sites is 1. The molecular formula is C16H15NO2. The molecule has 0 fully saturated rings. The highest BCUT2D eigenvalue weighted by molar-refractivity contribution is 5.86. The van der Waals surface area contributed by atoms with Crippen LogP contribution in [0.25, 0.3) is 0 Å². The van der Waals surface area contributed by atoms with E-state index < -0.39 is 0 Å². The van der Waals surface area contributed by atoms with Crippen LogP contribution in [0.3, 0.4) is 0 Å². The zero-order chi connectivity index (χ0) is 13.2. The average Bonchev–Trinajstić information content (AvgIpc) is 2.39. The second kappa shape index (κ2) is 4.76. The molecule has 0 saturated heterocycles. The molecule has 19 heavy (non-hydrogen) atoms. The molecule has 0 heterocycles. The molecule has 2 aromatic carbocycles. The summed E-state index contributed by atoms with van der Waals surface area (Å²) >= 11 is 0. The largest absolute Gasteiger partial charge is 0.508 e. The third-order valence-electron chi connectivity index (χ3n) is 3.62. The number of aromatic hydroxyl groups is 1. The predicted octanol–water partition coefficient (Wildman–Crippen LogP) is 2.35. The van der Waals surface area contributed by atoms with Crippen LogP contribution < -0.4 is 5.32 Å². The summed E-state index contributed by atoms with van der Waals surface area (Å²) in [5, 5.41) is 12.5. The number of hydrogen-bond donors (Lipinski definition) is 2. The number of benzene rings is 2. The maximum atomic E-state index is 12.1. The van der Waals surface area contributed by atoms with Gasteiger partial charge in [0.15, 0.2) is 0 Å². The standard InChI is InChI=1S/C16H15NO2/c18-15-8-4-2-6-12(15)10-17-16(19)14-9-11-5-1-3-7-13(11)14/h1-8,14,18H,9-10H2,(H,17,19). The number of nitrogens with one attached hydrogen (secondary N) is 1. The lowest BCUT2D eigenvalue weighted by atomic mass is 9.77. The Morgan fingerprint density at radius 1 is 1.16 bits per heavy atom. The third kappa shape index (κ3) is 2.19. The second-order valence-corrected chi connectivity index (χ2v) is 4.80. The van der Waals surface area contributed by atoms with E-state index in [1.807, 2.05) is 30.3 Å². The summed E-state index contributed by atoms with van der Waals surface area (Å²) in [7, 11) is 0. The van der Waals surface area contributed by atoms with Gasteiger partial charge in [0, 0.05) is 12.1 Å². The van der Waals surface area contributed by atoms with E-state index in [0.29, 0.717) is 6.54 Å². The number of fused-ring (bicyclic) bond motifs is 1. The van der Waals surface area contributed by atoms with Gasteiger partial charge < -0.3 is 10.4 Å². The molecule has 96 valence electrons. The van der Waals surface area contributed by atoms with Crippen molar-refractivity contribution in [3.63, 3.8) is 0 Å². The maximum Gasteiger partial charge on any atom is 0.228 e. The lowest BCUT2D eigenvalue weighted by Crippen LogP contribution is -2.35. The van der Waals surface area contributed by atoms with Gasteiger partial charge in [-0.1, -0.05) is 42.5 Å². The van der Waals surface area contributed by atoms with Crippen molar-refractivity contribution >= 4 is 5.91 Å². The lowest BCUT2D eigenvalue weighted by Gasteiger charge is -2.28. The smallest absolute Gasteiger partial charge is 0.228 e. The first kappa shape index (κ1) is 11.8. The predicted molar refractivity (Wildman–Crippen MR) is 72.8 cm³/mol. The molecule has 2 N–H and O–H groups in total. The summed E-state index contributed by atoms with van der Waals surface area (Å²) in [5.74, 6) is 0.209. The Morgan fingerprint density at radius 2 is 1.89 bits per heavy atom. The van der Waals surface area contributed by atoms with Gasteiger partial charge in [-0.2, -0.15) is 0 Å². The van der Waals surface area contributed by atoms with Crippen LogP contribution in [0, 0.1) is 0 Å². The summed E-state index contributed by atoms with van der Waals surface area (Å²) in [6.07, 6.45) is 0.808. The van der Waals surface area contributed by atoms with Gasteiger partial charge in [0.1, 0.15) is 5.75 Å². The van der Waals surface area contributed by atoms with Crippen LogP contribution in [0.15, 0.2) is 48.5 Å². The van der Waals surface area contributed by atoms with Gasteiger partial charge in [-0.15, -0.1) is 0 Å². The quantitative estimate of drug-likeness (QED) is 0.882. The van der Waals surface area contributed by atoms with Crippen LogP contribution in [0.4, 0.5) is 0 Å². The Kier molecular flexibility index (Phi) is 2.95. The molecule has 0 radical (unpaired) electrons. The number of hydrogen-bond acceptors (Lipinski definition) is 2. The molecule has 1 atom stereocenters. The minimum Gasteiger partial charge on any atom is -0.508 e. The van der Waals surface area contributed by atoms with Crippen molar-refractivity contribution in [3.05, 3.63) is 65.2 Å². The molecule has 1 unspecified atom stereocenters. The van der Waals surface area contributed by atoms with Crippen LogP contribution in [-0.4, -0.2) is 11.0 Å². The Balaban J connectivity index is 1.64. The number of phenolic OH excluding ortho intramolecular Hbond substituents is 1. The maximum absolute atomic E-state index is 12.1. The molecule has 1 amide bonds. The topological polar surface area (TPSA) is 49.3 Å². The highest BCUT2D eigenvalue weighted by Gasteiger charge is 2.31. The molecule has 3 heteroatoms. The van der Waals surface area contributed by atoms with Crippen LogP contribution >= 0.6 is 0 Å². The fraction of sp³-hybridized carbons (Fsp3) is 0.188. The Morgan fingerprint density at radius 3 is 2.68 bits per heavy atom. The SMILES string of the molecule is O=C(NCc1ccccc1O)C1Cc2ccccc21. The van der Waals surface area contributed by atoms with E-state index in [0.717, 1.165) is 17.5 Å². The highest BCUT2D eigenvalue weighted by atomic mass is 16.3. The van der Waals surface area contributed by atoms with Gasteiger partial charge >= 0.3 is 0 Å². The molecule has 3 nitrogen and oxygen atoms in total. The second-order valence-electron chi connectivity index (χ2n) is 4.80. The molecule has 0 aromatic heterocycles. The summed E-state index contributed by atoms with van der Waals surface area (Å²) in [6, 6.07) is 15.1. The highest BCUT2D eigenvalue weighted by Crippen LogP contribution is 2.34. The number of phenols is 1. The number of rotatable bonds is 3. The van der Waals surface area contributed by atoms with Crippen molar-refractivity contribution in [1.82, 2.24) is 5.32 Å². The van der Waals surface area contributed by atoms with Crippen LogP contribution in [0.1, 0.15) is 22.6 Å². The van der Waals surface area contributed by atoms with Crippen molar-refractivity contribution in [2.45, 2.75) is 18.9 Å². The molecule has 1 aliphatic rings. The van der Waals surface area contributed by atoms with Crippen molar-refractivity contribution in [1.29, 1.82) is 0 Å². The molecule has 0 saturated carbocycles. The lowest BCUT2D eigenvalue weighted by molar-refractivity contribution is -0.123. The number of carbonyl (C=O) groups excluding carboxylic acids is 1. The molecule has 0 bridgehead atoms. The molecule has 2 aromatic rings. The zero-order valence-corrected chi connectivity index (χ0v) is 10.5. The van der Waals surface area contributed by atoms with Crippen LogP contribution in [-0.2, 0) is 17.8 Å². The minimum atomic E-state index is -0.0398. The number of carbonyl (C=O) groups is 1. The first-order chi connectivity index (χ1) is 9.25. The van der Waals surface area contributed by atoms with Gasteiger partial charge in [0.05, 0.1) is 5.92 Å². The zero-order valence-electron chi connectivity index (χ0n) is 10.5. The summed E-state index contributed by atoms with van der Waals surface area (Å²) in [6.45, 7) is 0.365. The van der Waals surface area contributed by atoms with Crippen molar-refractivity contribution in [2.24, 2.45) is 0 Å². The minimum absolute atomic E-state index is 0.0296. The van der Waals surface area contributed by atoms with E-state index in [1.165, 1.54) is 5.56 Å². The Labute approximate surface area is 111 Å². The van der Waals surface area contributed by atoms with Crippen LogP contribution in [0.5, 0.6) is 5.75 Å². The van der Waals surface area contributed by atoms with Gasteiger partial charge in [-0.25, -0.2) is 0 Å². The van der Waals surface area contributed by atoms with E-state index in [4.69, 9.17) is 0 Å². The van der Waals surface area contributed by atoms with Crippen molar-refractivity contribution in [3.8, 4) is 5.75 Å². The first-order valence-corrected chi connectivity index (χ1v) is 6.38. The van der Waals surface area contributed by atoms with Gasteiger partial charge in [0.25, 0.3) is 0 Å². The molecule has 0 aliphatic heterocycles. The molecule has 0 spiro atoms. The van der Waals surface area contributed by atoms with Gasteiger partial charge in [-0.3, -0.25) is 4.79 Å².